The lowest BCUT2D eigenvalue weighted by Crippen LogP contribution is -2.37. The molecule has 0 fully saturated rings. The van der Waals surface area contributed by atoms with Crippen LogP contribution in [0.4, 0.5) is 18.9 Å². The van der Waals surface area contributed by atoms with Crippen LogP contribution in [0.2, 0.25) is 0 Å². The van der Waals surface area contributed by atoms with Crippen LogP contribution in [0.15, 0.2) is 59.4 Å². The minimum Gasteiger partial charge on any atom is -0.324 e. The summed E-state index contributed by atoms with van der Waals surface area (Å²) in [6.07, 6.45) is -1.50. The summed E-state index contributed by atoms with van der Waals surface area (Å²) >= 11 is 0. The van der Waals surface area contributed by atoms with Crippen molar-refractivity contribution in [3.8, 4) is 11.3 Å². The van der Waals surface area contributed by atoms with Gasteiger partial charge in [-0.05, 0) is 50.3 Å². The van der Waals surface area contributed by atoms with Gasteiger partial charge < -0.3 is 5.32 Å². The maximum atomic E-state index is 13.3. The maximum Gasteiger partial charge on any atom is 0.418 e. The minimum atomic E-state index is -4.62. The second kappa shape index (κ2) is 8.61. The van der Waals surface area contributed by atoms with E-state index in [1.807, 2.05) is 30.3 Å². The third kappa shape index (κ3) is 4.17. The fourth-order valence-electron chi connectivity index (χ4n) is 4.03. The van der Waals surface area contributed by atoms with Gasteiger partial charge in [0.15, 0.2) is 0 Å². The largest absolute Gasteiger partial charge is 0.418 e. The summed E-state index contributed by atoms with van der Waals surface area (Å²) in [7, 11) is 0. The first kappa shape index (κ1) is 21.8. The average molecular weight is 441 g/mol. The Morgan fingerprint density at radius 2 is 1.62 bits per heavy atom. The molecule has 0 bridgehead atoms. The van der Waals surface area contributed by atoms with Crippen molar-refractivity contribution in [2.24, 2.45) is 0 Å². The molecule has 0 saturated carbocycles. The standard InChI is InChI=1S/C24H22F3N3O2/c1-15(22(31)28-20-14-8-7-13-19(20)24(25,26)27)30-23(32)18-12-6-5-11-17(18)21(29-30)16-9-3-2-4-10-16/h2-4,7-10,13-15H,5-6,11-12H2,1H3,(H,28,31). The summed E-state index contributed by atoms with van der Waals surface area (Å²) < 4.78 is 41.0. The Morgan fingerprint density at radius 3 is 2.31 bits per heavy atom. The Morgan fingerprint density at radius 1 is 1.00 bits per heavy atom. The molecule has 1 atom stereocenters. The van der Waals surface area contributed by atoms with Crippen LogP contribution >= 0.6 is 0 Å². The summed E-state index contributed by atoms with van der Waals surface area (Å²) in [5, 5.41) is 6.83. The molecule has 0 radical (unpaired) electrons. The number of anilines is 1. The number of benzene rings is 2. The number of halogens is 3. The number of rotatable bonds is 4. The van der Waals surface area contributed by atoms with Crippen LogP contribution in [0.1, 0.15) is 42.5 Å². The number of carbonyl (C=O) groups excluding carboxylic acids is 1. The topological polar surface area (TPSA) is 64.0 Å². The molecule has 1 aromatic heterocycles. The summed E-state index contributed by atoms with van der Waals surface area (Å²) in [4.78, 5) is 26.0. The highest BCUT2D eigenvalue weighted by molar-refractivity contribution is 5.94. The second-order valence-corrected chi connectivity index (χ2v) is 7.84. The zero-order valence-electron chi connectivity index (χ0n) is 17.4. The van der Waals surface area contributed by atoms with Crippen LogP contribution in [0.3, 0.4) is 0 Å². The van der Waals surface area contributed by atoms with E-state index >= 15 is 0 Å². The molecule has 1 amide bonds. The first-order valence-electron chi connectivity index (χ1n) is 10.4. The Balaban J connectivity index is 1.74. The molecule has 0 saturated heterocycles. The molecule has 8 heteroatoms. The van der Waals surface area contributed by atoms with E-state index in [1.165, 1.54) is 25.1 Å². The Hall–Kier alpha value is -3.42. The molecule has 1 unspecified atom stereocenters. The van der Waals surface area contributed by atoms with Gasteiger partial charge in [-0.3, -0.25) is 9.59 Å². The molecule has 2 aromatic carbocycles. The number of para-hydroxylation sites is 1. The molecule has 3 aromatic rings. The number of nitrogens with one attached hydrogen (secondary N) is 1. The van der Waals surface area contributed by atoms with E-state index in [9.17, 15) is 22.8 Å². The number of fused-ring (bicyclic) bond motifs is 1. The highest BCUT2D eigenvalue weighted by Gasteiger charge is 2.34. The van der Waals surface area contributed by atoms with E-state index in [4.69, 9.17) is 0 Å². The number of alkyl halides is 3. The molecule has 1 heterocycles. The molecule has 0 spiro atoms. The SMILES string of the molecule is CC(C(=O)Nc1ccccc1C(F)(F)F)n1nc(-c2ccccc2)c2c(c1=O)CCCC2. The van der Waals surface area contributed by atoms with Gasteiger partial charge in [-0.1, -0.05) is 42.5 Å². The Labute approximate surface area is 182 Å². The van der Waals surface area contributed by atoms with Gasteiger partial charge in [-0.25, -0.2) is 4.68 Å². The second-order valence-electron chi connectivity index (χ2n) is 7.84. The average Bonchev–Trinajstić information content (AvgIpc) is 2.79. The van der Waals surface area contributed by atoms with Crippen molar-refractivity contribution in [3.05, 3.63) is 81.6 Å². The Kier molecular flexibility index (Phi) is 5.86. The number of amides is 1. The lowest BCUT2D eigenvalue weighted by Gasteiger charge is -2.23. The number of hydrogen-bond donors (Lipinski definition) is 1. The van der Waals surface area contributed by atoms with Crippen molar-refractivity contribution in [1.82, 2.24) is 9.78 Å². The summed E-state index contributed by atoms with van der Waals surface area (Å²) in [5.41, 5.74) is 1.30. The zero-order chi connectivity index (χ0) is 22.9. The third-order valence-electron chi connectivity index (χ3n) is 5.71. The molecule has 5 nitrogen and oxygen atoms in total. The number of hydrogen-bond acceptors (Lipinski definition) is 3. The van der Waals surface area contributed by atoms with Gasteiger partial charge in [0.1, 0.15) is 6.04 Å². The van der Waals surface area contributed by atoms with Gasteiger partial charge in [-0.15, -0.1) is 0 Å². The van der Waals surface area contributed by atoms with Gasteiger partial charge in [0.25, 0.3) is 5.56 Å². The molecule has 1 N–H and O–H groups in total. The molecule has 166 valence electrons. The van der Waals surface area contributed by atoms with E-state index in [2.05, 4.69) is 10.4 Å². The van der Waals surface area contributed by atoms with Crippen molar-refractivity contribution in [3.63, 3.8) is 0 Å². The minimum absolute atomic E-state index is 0.355. The number of nitrogens with zero attached hydrogens (tertiary/aromatic N) is 2. The number of aromatic nitrogens is 2. The van der Waals surface area contributed by atoms with Gasteiger partial charge in [0.05, 0.1) is 16.9 Å². The third-order valence-corrected chi connectivity index (χ3v) is 5.71. The summed E-state index contributed by atoms with van der Waals surface area (Å²) in [5.74, 6) is -0.744. The van der Waals surface area contributed by atoms with Crippen LogP contribution in [0.25, 0.3) is 11.3 Å². The van der Waals surface area contributed by atoms with Crippen molar-refractivity contribution in [1.29, 1.82) is 0 Å². The highest BCUT2D eigenvalue weighted by atomic mass is 19.4. The summed E-state index contributed by atoms with van der Waals surface area (Å²) in [6, 6.07) is 13.0. The first-order valence-corrected chi connectivity index (χ1v) is 10.4. The molecule has 1 aliphatic carbocycles. The van der Waals surface area contributed by atoms with Crippen LogP contribution in [0, 0.1) is 0 Å². The maximum absolute atomic E-state index is 13.3. The van der Waals surface area contributed by atoms with Crippen LogP contribution < -0.4 is 10.9 Å². The smallest absolute Gasteiger partial charge is 0.324 e. The molecule has 32 heavy (non-hydrogen) atoms. The highest BCUT2D eigenvalue weighted by Crippen LogP contribution is 2.35. The Bertz CT molecular complexity index is 1200. The molecule has 4 rings (SSSR count). The quantitative estimate of drug-likeness (QED) is 0.619. The van der Waals surface area contributed by atoms with E-state index in [1.54, 1.807) is 0 Å². The van der Waals surface area contributed by atoms with Gasteiger partial charge in [0, 0.05) is 11.1 Å². The summed E-state index contributed by atoms with van der Waals surface area (Å²) in [6.45, 7) is 1.46. The van der Waals surface area contributed by atoms with Gasteiger partial charge in [-0.2, -0.15) is 18.3 Å². The lowest BCUT2D eigenvalue weighted by atomic mass is 9.89. The van der Waals surface area contributed by atoms with Crippen LogP contribution in [-0.4, -0.2) is 15.7 Å². The fourth-order valence-corrected chi connectivity index (χ4v) is 4.03. The van der Waals surface area contributed by atoms with E-state index in [-0.39, 0.29) is 11.2 Å². The van der Waals surface area contributed by atoms with Crippen molar-refractivity contribution in [2.75, 3.05) is 5.32 Å². The predicted octanol–water partition coefficient (Wildman–Crippen LogP) is 5.01. The predicted molar refractivity (Wildman–Crippen MR) is 115 cm³/mol. The first-order chi connectivity index (χ1) is 15.3. The van der Waals surface area contributed by atoms with E-state index in [0.717, 1.165) is 41.1 Å². The zero-order valence-corrected chi connectivity index (χ0v) is 17.4. The fraction of sp³-hybridized carbons (Fsp3) is 0.292. The normalized spacial score (nSPS) is 14.5. The van der Waals surface area contributed by atoms with E-state index < -0.39 is 23.7 Å². The van der Waals surface area contributed by atoms with Gasteiger partial charge >= 0.3 is 6.18 Å². The lowest BCUT2D eigenvalue weighted by molar-refractivity contribution is -0.137. The number of carbonyl (C=O) groups is 1. The van der Waals surface area contributed by atoms with Crippen molar-refractivity contribution >= 4 is 11.6 Å². The van der Waals surface area contributed by atoms with Crippen molar-refractivity contribution in [2.45, 2.75) is 44.8 Å². The molecular weight excluding hydrogens is 419 g/mol. The molecule has 1 aliphatic rings. The van der Waals surface area contributed by atoms with Crippen LogP contribution in [-0.2, 0) is 23.8 Å². The van der Waals surface area contributed by atoms with Crippen LogP contribution in [0.5, 0.6) is 0 Å². The van der Waals surface area contributed by atoms with Crippen molar-refractivity contribution < 1.29 is 18.0 Å². The molecular formula is C24H22F3N3O2. The molecule has 0 aliphatic heterocycles. The van der Waals surface area contributed by atoms with E-state index in [0.29, 0.717) is 17.7 Å². The van der Waals surface area contributed by atoms with Gasteiger partial charge in [0.2, 0.25) is 5.91 Å². The monoisotopic (exact) mass is 441 g/mol.